The van der Waals surface area contributed by atoms with Gasteiger partial charge in [-0.2, -0.15) is 5.10 Å². The van der Waals surface area contributed by atoms with E-state index in [2.05, 4.69) is 21.0 Å². The van der Waals surface area contributed by atoms with Crippen molar-refractivity contribution in [3.8, 4) is 17.4 Å². The van der Waals surface area contributed by atoms with Crippen LogP contribution < -0.4 is 9.47 Å². The van der Waals surface area contributed by atoms with Crippen molar-refractivity contribution in [3.05, 3.63) is 35.5 Å². The lowest BCUT2D eigenvalue weighted by Crippen LogP contribution is -1.99. The van der Waals surface area contributed by atoms with Gasteiger partial charge < -0.3 is 9.47 Å². The van der Waals surface area contributed by atoms with E-state index < -0.39 is 0 Å². The zero-order valence-electron chi connectivity index (χ0n) is 11.3. The molecule has 4 nitrogen and oxygen atoms in total. The van der Waals surface area contributed by atoms with Crippen molar-refractivity contribution in [3.63, 3.8) is 0 Å². The quantitative estimate of drug-likeness (QED) is 0.784. The molecule has 0 atom stereocenters. The second-order valence-electron chi connectivity index (χ2n) is 4.11. The van der Waals surface area contributed by atoms with Crippen molar-refractivity contribution >= 4 is 15.9 Å². The largest absolute Gasteiger partial charge is 0.490 e. The molecule has 1 heterocycles. The zero-order valence-corrected chi connectivity index (χ0v) is 12.9. The van der Waals surface area contributed by atoms with Crippen LogP contribution in [0.4, 0.5) is 0 Å². The molecule has 1 aromatic carbocycles. The number of alkyl halides is 1. The molecule has 0 radical (unpaired) electrons. The van der Waals surface area contributed by atoms with E-state index in [1.54, 1.807) is 4.68 Å². The molecule has 0 aliphatic rings. The van der Waals surface area contributed by atoms with Crippen LogP contribution in [0.2, 0.25) is 0 Å². The van der Waals surface area contributed by atoms with E-state index in [0.717, 1.165) is 22.9 Å². The fraction of sp³-hybridized carbons (Fsp3) is 0.357. The van der Waals surface area contributed by atoms with Crippen LogP contribution >= 0.6 is 15.9 Å². The van der Waals surface area contributed by atoms with Gasteiger partial charge in [0.2, 0.25) is 5.88 Å². The maximum absolute atomic E-state index is 5.98. The van der Waals surface area contributed by atoms with Gasteiger partial charge in [-0.15, -0.1) is 0 Å². The van der Waals surface area contributed by atoms with Crippen molar-refractivity contribution in [1.29, 1.82) is 0 Å². The monoisotopic (exact) mass is 324 g/mol. The van der Waals surface area contributed by atoms with Gasteiger partial charge in [0.15, 0.2) is 11.5 Å². The summed E-state index contributed by atoms with van der Waals surface area (Å²) in [4.78, 5) is 0. The Hall–Kier alpha value is -1.49. The van der Waals surface area contributed by atoms with Crippen LogP contribution in [0.5, 0.6) is 17.4 Å². The fourth-order valence-corrected chi connectivity index (χ4v) is 2.52. The Morgan fingerprint density at radius 3 is 2.58 bits per heavy atom. The van der Waals surface area contributed by atoms with Gasteiger partial charge in [0.05, 0.1) is 12.3 Å². The van der Waals surface area contributed by atoms with Crippen molar-refractivity contribution in [1.82, 2.24) is 9.78 Å². The highest BCUT2D eigenvalue weighted by atomic mass is 79.9. The lowest BCUT2D eigenvalue weighted by Gasteiger charge is -2.12. The van der Waals surface area contributed by atoms with Crippen LogP contribution in [0.25, 0.3) is 0 Å². The maximum atomic E-state index is 5.98. The molecule has 2 aromatic rings. The molecule has 0 spiro atoms. The van der Waals surface area contributed by atoms with Crippen LogP contribution in [-0.2, 0) is 12.4 Å². The fourth-order valence-electron chi connectivity index (χ4n) is 1.88. The first kappa shape index (κ1) is 13.9. The summed E-state index contributed by atoms with van der Waals surface area (Å²) in [5.41, 5.74) is 2.01. The zero-order chi connectivity index (χ0) is 13.8. The Balaban J connectivity index is 2.36. The summed E-state index contributed by atoms with van der Waals surface area (Å²) in [5.74, 6) is 2.18. The standard InChI is InChI=1S/C14H17BrN2O2/c1-4-18-12-7-5-6-8-13(12)19-14-11(9-15)10(2)16-17(14)3/h5-8H,4,9H2,1-3H3. The topological polar surface area (TPSA) is 36.3 Å². The molecule has 0 saturated carbocycles. The molecule has 0 aliphatic heterocycles. The lowest BCUT2D eigenvalue weighted by molar-refractivity contribution is 0.316. The van der Waals surface area contributed by atoms with Gasteiger partial charge >= 0.3 is 0 Å². The Bertz CT molecular complexity index is 567. The number of hydrogen-bond donors (Lipinski definition) is 0. The number of halogens is 1. The van der Waals surface area contributed by atoms with Gasteiger partial charge in [-0.1, -0.05) is 28.1 Å². The third-order valence-corrected chi connectivity index (χ3v) is 3.34. The minimum Gasteiger partial charge on any atom is -0.490 e. The summed E-state index contributed by atoms with van der Waals surface area (Å²) in [6.45, 7) is 4.53. The van der Waals surface area contributed by atoms with Crippen molar-refractivity contribution < 1.29 is 9.47 Å². The van der Waals surface area contributed by atoms with Crippen LogP contribution in [0, 0.1) is 6.92 Å². The molecule has 0 bridgehead atoms. The van der Waals surface area contributed by atoms with Crippen molar-refractivity contribution in [2.24, 2.45) is 7.05 Å². The highest BCUT2D eigenvalue weighted by Gasteiger charge is 2.16. The molecule has 1 aromatic heterocycles. The predicted octanol–water partition coefficient (Wildman–Crippen LogP) is 3.81. The third kappa shape index (κ3) is 2.92. The van der Waals surface area contributed by atoms with E-state index in [4.69, 9.17) is 9.47 Å². The smallest absolute Gasteiger partial charge is 0.222 e. The maximum Gasteiger partial charge on any atom is 0.222 e. The van der Waals surface area contributed by atoms with E-state index >= 15 is 0 Å². The van der Waals surface area contributed by atoms with Crippen molar-refractivity contribution in [2.75, 3.05) is 6.61 Å². The lowest BCUT2D eigenvalue weighted by atomic mass is 10.3. The molecule has 0 unspecified atom stereocenters. The molecule has 0 aliphatic carbocycles. The highest BCUT2D eigenvalue weighted by molar-refractivity contribution is 9.08. The van der Waals surface area contributed by atoms with Crippen LogP contribution in [0.15, 0.2) is 24.3 Å². The molecule has 102 valence electrons. The number of aryl methyl sites for hydroxylation is 2. The third-order valence-electron chi connectivity index (χ3n) is 2.78. The van der Waals surface area contributed by atoms with Gasteiger partial charge in [-0.3, -0.25) is 0 Å². The number of hydrogen-bond acceptors (Lipinski definition) is 3. The minimum atomic E-state index is 0.607. The molecular formula is C14H17BrN2O2. The molecule has 19 heavy (non-hydrogen) atoms. The van der Waals surface area contributed by atoms with Gasteiger partial charge in [0.25, 0.3) is 0 Å². The first-order valence-corrected chi connectivity index (χ1v) is 7.27. The van der Waals surface area contributed by atoms with Gasteiger partial charge in [0, 0.05) is 17.9 Å². The summed E-state index contributed by atoms with van der Waals surface area (Å²) in [5, 5.41) is 5.08. The van der Waals surface area contributed by atoms with E-state index in [1.165, 1.54) is 0 Å². The summed E-state index contributed by atoms with van der Waals surface area (Å²) in [6, 6.07) is 7.65. The number of aromatic nitrogens is 2. The summed E-state index contributed by atoms with van der Waals surface area (Å²) in [7, 11) is 1.87. The Kier molecular flexibility index (Phi) is 4.47. The Morgan fingerprint density at radius 2 is 1.95 bits per heavy atom. The summed E-state index contributed by atoms with van der Waals surface area (Å²) < 4.78 is 13.3. The number of benzene rings is 1. The average Bonchev–Trinajstić information content (AvgIpc) is 2.66. The van der Waals surface area contributed by atoms with Crippen LogP contribution in [0.1, 0.15) is 18.2 Å². The first-order valence-electron chi connectivity index (χ1n) is 6.15. The molecule has 0 saturated heterocycles. The minimum absolute atomic E-state index is 0.607. The Labute approximate surface area is 121 Å². The molecule has 2 rings (SSSR count). The molecular weight excluding hydrogens is 308 g/mol. The second-order valence-corrected chi connectivity index (χ2v) is 4.67. The first-order chi connectivity index (χ1) is 9.17. The average molecular weight is 325 g/mol. The number of para-hydroxylation sites is 2. The van der Waals surface area contributed by atoms with Gasteiger partial charge in [-0.05, 0) is 26.0 Å². The molecule has 0 amide bonds. The van der Waals surface area contributed by atoms with E-state index in [0.29, 0.717) is 17.7 Å². The normalized spacial score (nSPS) is 10.5. The van der Waals surface area contributed by atoms with Crippen LogP contribution in [-0.4, -0.2) is 16.4 Å². The van der Waals surface area contributed by atoms with E-state index in [-0.39, 0.29) is 0 Å². The SMILES string of the molecule is CCOc1ccccc1Oc1c(CBr)c(C)nn1C. The van der Waals surface area contributed by atoms with E-state index in [9.17, 15) is 0 Å². The number of rotatable bonds is 5. The number of ether oxygens (including phenoxy) is 2. The highest BCUT2D eigenvalue weighted by Crippen LogP contribution is 2.34. The van der Waals surface area contributed by atoms with Crippen LogP contribution in [0.3, 0.4) is 0 Å². The molecule has 0 fully saturated rings. The predicted molar refractivity (Wildman–Crippen MR) is 78.3 cm³/mol. The van der Waals surface area contributed by atoms with E-state index in [1.807, 2.05) is 45.2 Å². The van der Waals surface area contributed by atoms with Crippen molar-refractivity contribution in [2.45, 2.75) is 19.2 Å². The second kappa shape index (κ2) is 6.10. The number of nitrogens with zero attached hydrogens (tertiary/aromatic N) is 2. The molecule has 0 N–H and O–H groups in total. The summed E-state index contributed by atoms with van der Waals surface area (Å²) in [6.07, 6.45) is 0. The molecule has 5 heteroatoms. The van der Waals surface area contributed by atoms with Gasteiger partial charge in [-0.25, -0.2) is 4.68 Å². The summed E-state index contributed by atoms with van der Waals surface area (Å²) >= 11 is 3.47. The Morgan fingerprint density at radius 1 is 1.26 bits per heavy atom. The van der Waals surface area contributed by atoms with Gasteiger partial charge in [0.1, 0.15) is 0 Å².